The maximum Gasteiger partial charge on any atom is 0.323 e. The summed E-state index contributed by atoms with van der Waals surface area (Å²) in [5.74, 6) is -0.678. The van der Waals surface area contributed by atoms with Gasteiger partial charge in [0, 0.05) is 18.4 Å². The maximum absolute atomic E-state index is 11.8. The number of rotatable bonds is 6. The van der Waals surface area contributed by atoms with Crippen molar-refractivity contribution >= 4 is 11.9 Å². The molecule has 0 aromatic carbocycles. The molecule has 1 saturated carbocycles. The fourth-order valence-corrected chi connectivity index (χ4v) is 3.09. The van der Waals surface area contributed by atoms with Gasteiger partial charge in [0.2, 0.25) is 0 Å². The van der Waals surface area contributed by atoms with Crippen molar-refractivity contribution in [3.05, 3.63) is 0 Å². The van der Waals surface area contributed by atoms with E-state index in [2.05, 4.69) is 12.2 Å². The number of ether oxygens (including phenoxy) is 1. The molecule has 1 aliphatic heterocycles. The monoisotopic (exact) mass is 255 g/mol. The topological polar surface area (TPSA) is 75.6 Å². The Morgan fingerprint density at radius 1 is 1.44 bits per heavy atom. The van der Waals surface area contributed by atoms with Gasteiger partial charge in [-0.2, -0.15) is 0 Å². The van der Waals surface area contributed by atoms with Gasteiger partial charge in [0.1, 0.15) is 6.04 Å². The zero-order chi connectivity index (χ0) is 13.2. The van der Waals surface area contributed by atoms with Gasteiger partial charge in [-0.15, -0.1) is 0 Å². The average molecular weight is 255 g/mol. The Bertz CT molecular complexity index is 336. The van der Waals surface area contributed by atoms with Crippen molar-refractivity contribution in [2.45, 2.75) is 45.1 Å². The quantitative estimate of drug-likeness (QED) is 0.550. The minimum absolute atomic E-state index is 0.0105. The van der Waals surface area contributed by atoms with Gasteiger partial charge in [0.05, 0.1) is 6.61 Å². The lowest BCUT2D eigenvalue weighted by Crippen LogP contribution is -2.71. The summed E-state index contributed by atoms with van der Waals surface area (Å²) in [7, 11) is 0. The molecule has 0 amide bonds. The highest BCUT2D eigenvalue weighted by Crippen LogP contribution is 2.53. The van der Waals surface area contributed by atoms with Crippen LogP contribution < -0.4 is 5.32 Å². The molecule has 2 rings (SSSR count). The van der Waals surface area contributed by atoms with E-state index in [1.54, 1.807) is 0 Å². The van der Waals surface area contributed by atoms with E-state index in [4.69, 9.17) is 9.84 Å². The zero-order valence-electron chi connectivity index (χ0n) is 10.8. The molecule has 0 aromatic heterocycles. The molecule has 102 valence electrons. The molecule has 18 heavy (non-hydrogen) atoms. The van der Waals surface area contributed by atoms with Gasteiger partial charge >= 0.3 is 11.9 Å². The first-order valence-corrected chi connectivity index (χ1v) is 6.69. The molecule has 2 fully saturated rings. The van der Waals surface area contributed by atoms with E-state index in [0.717, 1.165) is 32.2 Å². The third-order valence-electron chi connectivity index (χ3n) is 4.10. The minimum atomic E-state index is -0.746. The van der Waals surface area contributed by atoms with E-state index >= 15 is 0 Å². The Labute approximate surface area is 107 Å². The number of hydrogen-bond acceptors (Lipinski definition) is 4. The fourth-order valence-electron chi connectivity index (χ4n) is 3.09. The van der Waals surface area contributed by atoms with Crippen molar-refractivity contribution in [1.82, 2.24) is 5.32 Å². The molecule has 0 bridgehead atoms. The molecule has 1 atom stereocenters. The molecule has 1 spiro atoms. The highest BCUT2D eigenvalue weighted by atomic mass is 16.5. The largest absolute Gasteiger partial charge is 0.481 e. The van der Waals surface area contributed by atoms with Crippen LogP contribution in [0, 0.1) is 11.3 Å². The average Bonchev–Trinajstić information content (AvgIpc) is 2.21. The van der Waals surface area contributed by atoms with Crippen LogP contribution in [-0.2, 0) is 14.3 Å². The summed E-state index contributed by atoms with van der Waals surface area (Å²) in [4.78, 5) is 22.4. The normalized spacial score (nSPS) is 33.6. The molecule has 1 aliphatic carbocycles. The standard InChI is InChI=1S/C13H21NO4/c1-2-3-4-18-12(17)11-13(8-14-11)6-9(7-13)5-10(15)16/h9,11,14H,2-8H2,1H3,(H,15,16). The van der Waals surface area contributed by atoms with Crippen LogP contribution in [0.1, 0.15) is 39.0 Å². The van der Waals surface area contributed by atoms with Gasteiger partial charge in [-0.1, -0.05) is 13.3 Å². The number of carbonyl (C=O) groups excluding carboxylic acids is 1. The third-order valence-corrected chi connectivity index (χ3v) is 4.10. The number of nitrogens with one attached hydrogen (secondary N) is 1. The number of carboxylic acid groups (broad SMARTS) is 1. The Kier molecular flexibility index (Phi) is 3.90. The molecule has 0 radical (unpaired) electrons. The van der Waals surface area contributed by atoms with Gasteiger partial charge in [0.25, 0.3) is 0 Å². The second kappa shape index (κ2) is 5.26. The molecule has 2 aliphatic rings. The van der Waals surface area contributed by atoms with E-state index in [1.807, 2.05) is 0 Å². The van der Waals surface area contributed by atoms with Gasteiger partial charge in [-0.05, 0) is 25.2 Å². The smallest absolute Gasteiger partial charge is 0.323 e. The lowest BCUT2D eigenvalue weighted by atomic mass is 9.53. The molecule has 5 heteroatoms. The van der Waals surface area contributed by atoms with Crippen molar-refractivity contribution in [1.29, 1.82) is 0 Å². The molecule has 1 saturated heterocycles. The van der Waals surface area contributed by atoms with Crippen LogP contribution in [0.2, 0.25) is 0 Å². The van der Waals surface area contributed by atoms with E-state index < -0.39 is 5.97 Å². The van der Waals surface area contributed by atoms with Crippen molar-refractivity contribution < 1.29 is 19.4 Å². The number of carbonyl (C=O) groups is 2. The van der Waals surface area contributed by atoms with Gasteiger partial charge < -0.3 is 15.2 Å². The van der Waals surface area contributed by atoms with Crippen molar-refractivity contribution in [3.8, 4) is 0 Å². The lowest BCUT2D eigenvalue weighted by molar-refractivity contribution is -0.164. The molecular weight excluding hydrogens is 234 g/mol. The minimum Gasteiger partial charge on any atom is -0.481 e. The summed E-state index contributed by atoms with van der Waals surface area (Å²) in [5, 5.41) is 11.8. The predicted molar refractivity (Wildman–Crippen MR) is 65.1 cm³/mol. The van der Waals surface area contributed by atoms with E-state index in [0.29, 0.717) is 6.61 Å². The lowest BCUT2D eigenvalue weighted by Gasteiger charge is -2.58. The first-order valence-electron chi connectivity index (χ1n) is 6.69. The summed E-state index contributed by atoms with van der Waals surface area (Å²) in [6.45, 7) is 3.36. The highest BCUT2D eigenvalue weighted by Gasteiger charge is 2.58. The molecule has 1 heterocycles. The SMILES string of the molecule is CCCCOC(=O)C1NCC12CC(CC(=O)O)C2. The van der Waals surface area contributed by atoms with E-state index in [1.165, 1.54) is 0 Å². The molecular formula is C13H21NO4. The van der Waals surface area contributed by atoms with Gasteiger partial charge in [-0.3, -0.25) is 9.59 Å². The molecule has 1 unspecified atom stereocenters. The summed E-state index contributed by atoms with van der Waals surface area (Å²) >= 11 is 0. The first kappa shape index (κ1) is 13.3. The van der Waals surface area contributed by atoms with E-state index in [9.17, 15) is 9.59 Å². The maximum atomic E-state index is 11.8. The number of aliphatic carboxylic acids is 1. The third kappa shape index (κ3) is 2.51. The van der Waals surface area contributed by atoms with Crippen LogP contribution in [0.3, 0.4) is 0 Å². The van der Waals surface area contributed by atoms with Crippen LogP contribution in [0.4, 0.5) is 0 Å². The predicted octanol–water partition coefficient (Wildman–Crippen LogP) is 1.17. The molecule has 2 N–H and O–H groups in total. The Morgan fingerprint density at radius 3 is 2.67 bits per heavy atom. The Hall–Kier alpha value is -1.10. The summed E-state index contributed by atoms with van der Waals surface area (Å²) in [6, 6.07) is -0.209. The van der Waals surface area contributed by atoms with E-state index in [-0.39, 0.29) is 29.8 Å². The number of esters is 1. The van der Waals surface area contributed by atoms with Crippen LogP contribution in [0.5, 0.6) is 0 Å². The summed E-state index contributed by atoms with van der Waals surface area (Å²) in [6.07, 6.45) is 3.79. The number of carboxylic acids is 1. The highest BCUT2D eigenvalue weighted by molar-refractivity contribution is 5.79. The summed E-state index contributed by atoms with van der Waals surface area (Å²) < 4.78 is 5.22. The second-order valence-electron chi connectivity index (χ2n) is 5.57. The second-order valence-corrected chi connectivity index (χ2v) is 5.57. The Balaban J connectivity index is 1.75. The Morgan fingerprint density at radius 2 is 2.17 bits per heavy atom. The molecule has 5 nitrogen and oxygen atoms in total. The zero-order valence-corrected chi connectivity index (χ0v) is 10.8. The fraction of sp³-hybridized carbons (Fsp3) is 0.846. The molecule has 0 aromatic rings. The van der Waals surface area contributed by atoms with Crippen LogP contribution >= 0.6 is 0 Å². The van der Waals surface area contributed by atoms with Crippen LogP contribution in [0.15, 0.2) is 0 Å². The van der Waals surface area contributed by atoms with Crippen molar-refractivity contribution in [2.24, 2.45) is 11.3 Å². The van der Waals surface area contributed by atoms with Gasteiger partial charge in [0.15, 0.2) is 0 Å². The first-order chi connectivity index (χ1) is 8.57. The number of hydrogen-bond donors (Lipinski definition) is 2. The van der Waals surface area contributed by atoms with Crippen LogP contribution in [-0.4, -0.2) is 36.2 Å². The van der Waals surface area contributed by atoms with Crippen molar-refractivity contribution in [2.75, 3.05) is 13.2 Å². The van der Waals surface area contributed by atoms with Crippen LogP contribution in [0.25, 0.3) is 0 Å². The van der Waals surface area contributed by atoms with Crippen molar-refractivity contribution in [3.63, 3.8) is 0 Å². The summed E-state index contributed by atoms with van der Waals surface area (Å²) in [5.41, 5.74) is -0.0105. The van der Waals surface area contributed by atoms with Gasteiger partial charge in [-0.25, -0.2) is 0 Å². The number of unbranched alkanes of at least 4 members (excludes halogenated alkanes) is 1.